The Balaban J connectivity index is 0.000000240. The van der Waals surface area contributed by atoms with E-state index in [9.17, 15) is 37.1 Å². The van der Waals surface area contributed by atoms with Gasteiger partial charge in [-0.1, -0.05) is 0 Å². The first kappa shape index (κ1) is 33.2. The number of halogens is 3. The molecule has 3 N–H and O–H groups in total. The average molecular weight is 635 g/mol. The normalized spacial score (nSPS) is 16.1. The minimum atomic E-state index is -5.11. The van der Waals surface area contributed by atoms with Crippen molar-refractivity contribution in [3.05, 3.63) is 31.6 Å². The van der Waals surface area contributed by atoms with Gasteiger partial charge in [0.15, 0.2) is 11.6 Å². The van der Waals surface area contributed by atoms with Gasteiger partial charge in [-0.2, -0.15) is 13.2 Å². The fraction of sp³-hybridized carbons (Fsp3) is 0.500. The summed E-state index contributed by atoms with van der Waals surface area (Å²) in [6.45, 7) is 2.06. The third-order valence-corrected chi connectivity index (χ3v) is 8.69. The summed E-state index contributed by atoms with van der Waals surface area (Å²) in [6, 6.07) is 2.65. The van der Waals surface area contributed by atoms with Gasteiger partial charge in [0.2, 0.25) is 0 Å². The monoisotopic (exact) mass is 634 g/mol. The molecule has 2 aliphatic heterocycles. The first-order valence-electron chi connectivity index (χ1n) is 12.7. The summed E-state index contributed by atoms with van der Waals surface area (Å²) < 4.78 is 56.7. The number of ether oxygens (including phenoxy) is 4. The Hall–Kier alpha value is -3.34. The highest BCUT2D eigenvalue weighted by atomic mass is 32.1. The van der Waals surface area contributed by atoms with Gasteiger partial charge in [-0.25, -0.2) is 9.59 Å². The lowest BCUT2D eigenvalue weighted by Gasteiger charge is -2.19. The van der Waals surface area contributed by atoms with E-state index in [1.165, 1.54) is 7.11 Å². The maximum absolute atomic E-state index is 12.4. The number of hydrogen-bond donors (Lipinski definition) is 2. The lowest BCUT2D eigenvalue weighted by molar-refractivity contribution is -0.167. The third kappa shape index (κ3) is 8.36. The van der Waals surface area contributed by atoms with Crippen LogP contribution in [0.15, 0.2) is 12.1 Å². The molecule has 2 aromatic heterocycles. The van der Waals surface area contributed by atoms with Gasteiger partial charge in [-0.05, 0) is 37.8 Å². The van der Waals surface area contributed by atoms with Gasteiger partial charge < -0.3 is 30.0 Å². The highest BCUT2D eigenvalue weighted by Gasteiger charge is 2.40. The number of rotatable bonds is 7. The van der Waals surface area contributed by atoms with Crippen LogP contribution in [0.25, 0.3) is 0 Å². The molecule has 0 aromatic carbocycles. The molecule has 2 aromatic rings. The van der Waals surface area contributed by atoms with E-state index in [2.05, 4.69) is 9.47 Å². The summed E-state index contributed by atoms with van der Waals surface area (Å²) in [5.74, 6) is -4.25. The zero-order valence-corrected chi connectivity index (χ0v) is 24.3. The molecule has 4 rings (SSSR count). The molecular weight excluding hydrogens is 605 g/mol. The minimum Gasteiger partial charge on any atom is -0.465 e. The van der Waals surface area contributed by atoms with Crippen molar-refractivity contribution in [3.63, 3.8) is 0 Å². The number of hydrogen-bond acceptors (Lipinski definition) is 12. The molecule has 0 atom stereocenters. The predicted molar refractivity (Wildman–Crippen MR) is 146 cm³/mol. The molecule has 2 fully saturated rings. The van der Waals surface area contributed by atoms with Crippen molar-refractivity contribution < 1.29 is 56.1 Å². The average Bonchev–Trinajstić information content (AvgIpc) is 3.60. The third-order valence-electron chi connectivity index (χ3n) is 6.41. The van der Waals surface area contributed by atoms with Crippen LogP contribution in [0.4, 0.5) is 24.5 Å². The zero-order valence-electron chi connectivity index (χ0n) is 22.7. The van der Waals surface area contributed by atoms with Crippen LogP contribution in [-0.2, 0) is 23.7 Å². The number of nitrogens with two attached hydrogens (primary N) is 1. The summed E-state index contributed by atoms with van der Waals surface area (Å²) in [7, 11) is 2.35. The number of amides is 1. The molecule has 0 spiro atoms. The molecule has 16 heteroatoms. The molecule has 2 saturated heterocycles. The van der Waals surface area contributed by atoms with Gasteiger partial charge in [0.05, 0.1) is 35.3 Å². The number of carbonyl (C=O) groups is 5. The topological polar surface area (TPSA) is 160 Å². The number of Topliss-reactive ketones (excluding diaryl/α,β-unsaturated/α-hetero) is 2. The molecule has 230 valence electrons. The van der Waals surface area contributed by atoms with Crippen LogP contribution in [0.1, 0.15) is 64.4 Å². The van der Waals surface area contributed by atoms with Crippen LogP contribution < -0.4 is 11.1 Å². The van der Waals surface area contributed by atoms with Gasteiger partial charge >= 0.3 is 24.0 Å². The number of nitrogens with one attached hydrogen (secondary N) is 1. The number of nitrogen functional groups attached to an aromatic ring is 1. The Bertz CT molecular complexity index is 1310. The Morgan fingerprint density at radius 2 is 1.24 bits per heavy atom. The van der Waals surface area contributed by atoms with Crippen LogP contribution in [0.3, 0.4) is 0 Å². The summed E-state index contributed by atoms with van der Waals surface area (Å²) in [5, 5.41) is 1.61. The van der Waals surface area contributed by atoms with Crippen molar-refractivity contribution in [2.45, 2.75) is 31.9 Å². The molecule has 0 unspecified atom stereocenters. The lowest BCUT2D eigenvalue weighted by Crippen LogP contribution is -2.30. The molecule has 0 radical (unpaired) electrons. The SMILES string of the molecule is COC(=O)c1sc(C(=O)C2CCOCC2)cc1N.COC(=O)c1sc(C(=O)C2CCOCC2)cc1NC(=O)C(F)(F)F. The van der Waals surface area contributed by atoms with Crippen LogP contribution in [0, 0.1) is 11.8 Å². The van der Waals surface area contributed by atoms with E-state index in [4.69, 9.17) is 15.2 Å². The van der Waals surface area contributed by atoms with Gasteiger partial charge in [0.1, 0.15) is 9.75 Å². The Labute approximate surface area is 246 Å². The number of esters is 2. The van der Waals surface area contributed by atoms with Crippen molar-refractivity contribution in [1.29, 1.82) is 0 Å². The van der Waals surface area contributed by atoms with Gasteiger partial charge in [0, 0.05) is 38.3 Å². The summed E-state index contributed by atoms with van der Waals surface area (Å²) >= 11 is 1.80. The molecule has 0 saturated carbocycles. The van der Waals surface area contributed by atoms with Crippen molar-refractivity contribution in [2.75, 3.05) is 51.7 Å². The highest BCUT2D eigenvalue weighted by molar-refractivity contribution is 7.17. The van der Waals surface area contributed by atoms with Gasteiger partial charge in [-0.3, -0.25) is 14.4 Å². The second-order valence-corrected chi connectivity index (χ2v) is 11.3. The minimum absolute atomic E-state index is 0.0257. The molecular formula is C26H29F3N2O9S2. The number of ketones is 2. The van der Waals surface area contributed by atoms with Gasteiger partial charge in [0.25, 0.3) is 0 Å². The largest absolute Gasteiger partial charge is 0.471 e. The zero-order chi connectivity index (χ0) is 31.0. The fourth-order valence-corrected chi connectivity index (χ4v) is 6.21. The quantitative estimate of drug-likeness (QED) is 0.331. The van der Waals surface area contributed by atoms with Crippen LogP contribution in [0.5, 0.6) is 0 Å². The van der Waals surface area contributed by atoms with E-state index in [0.29, 0.717) is 66.0 Å². The fourth-order valence-electron chi connectivity index (χ4n) is 4.14. The van der Waals surface area contributed by atoms with Crippen molar-refractivity contribution in [2.24, 2.45) is 11.8 Å². The molecule has 11 nitrogen and oxygen atoms in total. The predicted octanol–water partition coefficient (Wildman–Crippen LogP) is 4.37. The van der Waals surface area contributed by atoms with Gasteiger partial charge in [-0.15, -0.1) is 22.7 Å². The molecule has 4 heterocycles. The second-order valence-electron chi connectivity index (χ2n) is 9.19. The highest BCUT2D eigenvalue weighted by Crippen LogP contribution is 2.33. The lowest BCUT2D eigenvalue weighted by atomic mass is 9.94. The number of anilines is 2. The molecule has 0 bridgehead atoms. The number of alkyl halides is 3. The van der Waals surface area contributed by atoms with E-state index in [1.807, 2.05) is 0 Å². The van der Waals surface area contributed by atoms with E-state index in [-0.39, 0.29) is 38.8 Å². The summed E-state index contributed by atoms with van der Waals surface area (Å²) in [5.41, 5.74) is 5.64. The van der Waals surface area contributed by atoms with Crippen LogP contribution in [0.2, 0.25) is 0 Å². The number of thiophene rings is 2. The molecule has 42 heavy (non-hydrogen) atoms. The summed E-state index contributed by atoms with van der Waals surface area (Å²) in [4.78, 5) is 59.5. The maximum atomic E-state index is 12.4. The standard InChI is InChI=1S/C14H14F3NO5S.C12H15NO4S/c1-22-12(20)11-8(18-13(21)14(15,16)17)6-9(24-11)10(19)7-2-4-23-5-3-7;1-16-12(15)11-8(13)6-9(18-11)10(14)7-2-4-17-5-3-7/h6-7H,2-5H2,1H3,(H,18,21);6-7H,2-5,13H2,1H3. The van der Waals surface area contributed by atoms with E-state index >= 15 is 0 Å². The smallest absolute Gasteiger partial charge is 0.465 e. The van der Waals surface area contributed by atoms with Crippen LogP contribution >= 0.6 is 22.7 Å². The Morgan fingerprint density at radius 3 is 1.69 bits per heavy atom. The van der Waals surface area contributed by atoms with Crippen LogP contribution in [-0.4, -0.2) is 76.2 Å². The molecule has 2 aliphatic rings. The Kier molecular flexibility index (Phi) is 11.6. The van der Waals surface area contributed by atoms with E-state index < -0.39 is 24.0 Å². The maximum Gasteiger partial charge on any atom is 0.471 e. The Morgan fingerprint density at radius 1 is 0.810 bits per heavy atom. The van der Waals surface area contributed by atoms with Crippen molar-refractivity contribution in [1.82, 2.24) is 0 Å². The number of carbonyl (C=O) groups excluding carboxylic acids is 5. The first-order chi connectivity index (χ1) is 19.9. The molecule has 1 amide bonds. The van der Waals surface area contributed by atoms with Crippen molar-refractivity contribution >= 4 is 63.5 Å². The van der Waals surface area contributed by atoms with Crippen molar-refractivity contribution in [3.8, 4) is 0 Å². The van der Waals surface area contributed by atoms with E-state index in [1.54, 1.807) is 11.4 Å². The summed E-state index contributed by atoms with van der Waals surface area (Å²) in [6.07, 6.45) is -2.67. The first-order valence-corrected chi connectivity index (χ1v) is 14.3. The molecule has 0 aliphatic carbocycles. The van der Waals surface area contributed by atoms with E-state index in [0.717, 1.165) is 37.4 Å². The number of methoxy groups -OCH3 is 2. The second kappa shape index (κ2) is 14.7.